The summed E-state index contributed by atoms with van der Waals surface area (Å²) in [5.74, 6) is 2.88. The maximum Gasteiger partial charge on any atom is 0.243 e. The molecular formula is C16H16N4O. The summed E-state index contributed by atoms with van der Waals surface area (Å²) in [6, 6.07) is 7.15. The van der Waals surface area contributed by atoms with E-state index in [1.807, 2.05) is 13.0 Å². The van der Waals surface area contributed by atoms with E-state index >= 15 is 0 Å². The van der Waals surface area contributed by atoms with E-state index in [0.717, 1.165) is 11.1 Å². The molecule has 1 amide bonds. The van der Waals surface area contributed by atoms with Crippen molar-refractivity contribution in [3.8, 4) is 12.3 Å². The minimum Gasteiger partial charge on any atom is -0.335 e. The van der Waals surface area contributed by atoms with Crippen LogP contribution in [0.1, 0.15) is 11.1 Å². The lowest BCUT2D eigenvalue weighted by molar-refractivity contribution is -0.114. The molecular weight excluding hydrogens is 264 g/mol. The molecule has 1 aromatic heterocycles. The number of amides is 1. The van der Waals surface area contributed by atoms with Crippen LogP contribution in [0.15, 0.2) is 36.7 Å². The average molecular weight is 280 g/mol. The third-order valence-corrected chi connectivity index (χ3v) is 2.80. The zero-order chi connectivity index (χ0) is 15.2. The van der Waals surface area contributed by atoms with E-state index in [1.165, 1.54) is 0 Å². The third-order valence-electron chi connectivity index (χ3n) is 2.80. The fourth-order valence-corrected chi connectivity index (χ4v) is 1.76. The molecule has 5 heteroatoms. The molecule has 0 aliphatic carbocycles. The van der Waals surface area contributed by atoms with Crippen molar-refractivity contribution in [3.63, 3.8) is 0 Å². The van der Waals surface area contributed by atoms with Gasteiger partial charge in [0, 0.05) is 30.7 Å². The first-order chi connectivity index (χ1) is 10.1. The summed E-state index contributed by atoms with van der Waals surface area (Å²) in [5, 5.41) is 2.80. The SMILES string of the molecule is C#Cc1cccc(NC(=O)CN(C)c2ncc(C)cn2)c1. The minimum atomic E-state index is -0.157. The molecule has 0 bridgehead atoms. The largest absolute Gasteiger partial charge is 0.335 e. The van der Waals surface area contributed by atoms with E-state index in [2.05, 4.69) is 21.2 Å². The second kappa shape index (κ2) is 6.53. The third kappa shape index (κ3) is 4.05. The summed E-state index contributed by atoms with van der Waals surface area (Å²) in [5.41, 5.74) is 2.37. The zero-order valence-corrected chi connectivity index (χ0v) is 12.0. The van der Waals surface area contributed by atoms with Gasteiger partial charge in [0.2, 0.25) is 11.9 Å². The van der Waals surface area contributed by atoms with Crippen molar-refractivity contribution in [2.45, 2.75) is 6.92 Å². The van der Waals surface area contributed by atoms with Crippen molar-refractivity contribution in [3.05, 3.63) is 47.8 Å². The lowest BCUT2D eigenvalue weighted by Gasteiger charge is -2.16. The van der Waals surface area contributed by atoms with Crippen LogP contribution in [0.3, 0.4) is 0 Å². The van der Waals surface area contributed by atoms with Crippen molar-refractivity contribution in [2.75, 3.05) is 23.8 Å². The number of rotatable bonds is 4. The molecule has 0 radical (unpaired) electrons. The fourth-order valence-electron chi connectivity index (χ4n) is 1.76. The molecule has 0 aliphatic heterocycles. The van der Waals surface area contributed by atoms with Gasteiger partial charge in [-0.2, -0.15) is 0 Å². The first-order valence-electron chi connectivity index (χ1n) is 6.45. The number of carbonyl (C=O) groups is 1. The van der Waals surface area contributed by atoms with Gasteiger partial charge in [0.05, 0.1) is 6.54 Å². The van der Waals surface area contributed by atoms with Gasteiger partial charge in [0.25, 0.3) is 0 Å². The highest BCUT2D eigenvalue weighted by Crippen LogP contribution is 2.10. The molecule has 2 aromatic rings. The molecule has 0 spiro atoms. The summed E-state index contributed by atoms with van der Waals surface area (Å²) >= 11 is 0. The maximum atomic E-state index is 12.0. The van der Waals surface area contributed by atoms with Gasteiger partial charge in [0.1, 0.15) is 0 Å². The Morgan fingerprint density at radius 2 is 2.10 bits per heavy atom. The number of hydrogen-bond donors (Lipinski definition) is 1. The van der Waals surface area contributed by atoms with E-state index in [1.54, 1.807) is 42.5 Å². The molecule has 0 saturated heterocycles. The van der Waals surface area contributed by atoms with Gasteiger partial charge in [-0.3, -0.25) is 4.79 Å². The van der Waals surface area contributed by atoms with Crippen molar-refractivity contribution >= 4 is 17.5 Å². The lowest BCUT2D eigenvalue weighted by Crippen LogP contribution is -2.31. The standard InChI is InChI=1S/C16H16N4O/c1-4-13-6-5-7-14(8-13)19-15(21)11-20(3)16-17-9-12(2)10-18-16/h1,5-10H,11H2,2-3H3,(H,19,21). The van der Waals surface area contributed by atoms with Gasteiger partial charge in [0.15, 0.2) is 0 Å². The van der Waals surface area contributed by atoms with Gasteiger partial charge in [-0.05, 0) is 30.7 Å². The monoisotopic (exact) mass is 280 g/mol. The Labute approximate surface area is 124 Å². The van der Waals surface area contributed by atoms with Crippen LogP contribution in [0, 0.1) is 19.3 Å². The van der Waals surface area contributed by atoms with E-state index in [-0.39, 0.29) is 12.5 Å². The number of anilines is 2. The van der Waals surface area contributed by atoms with Crippen LogP contribution in [0.5, 0.6) is 0 Å². The van der Waals surface area contributed by atoms with Crippen LogP contribution in [-0.4, -0.2) is 29.5 Å². The minimum absolute atomic E-state index is 0.156. The Kier molecular flexibility index (Phi) is 4.52. The summed E-state index contributed by atoms with van der Waals surface area (Å²) < 4.78 is 0. The topological polar surface area (TPSA) is 58.1 Å². The summed E-state index contributed by atoms with van der Waals surface area (Å²) in [6.45, 7) is 2.07. The van der Waals surface area contributed by atoms with Gasteiger partial charge < -0.3 is 10.2 Å². The summed E-state index contributed by atoms with van der Waals surface area (Å²) in [6.07, 6.45) is 8.76. The normalized spacial score (nSPS) is 9.76. The Hall–Kier alpha value is -2.87. The number of hydrogen-bond acceptors (Lipinski definition) is 4. The van der Waals surface area contributed by atoms with Crippen LogP contribution in [0.2, 0.25) is 0 Å². The highest BCUT2D eigenvalue weighted by atomic mass is 16.2. The molecule has 1 heterocycles. The van der Waals surface area contributed by atoms with Crippen LogP contribution in [0.4, 0.5) is 11.6 Å². The Balaban J connectivity index is 1.98. The van der Waals surface area contributed by atoms with Crippen LogP contribution < -0.4 is 10.2 Å². The molecule has 0 unspecified atom stereocenters. The number of nitrogens with one attached hydrogen (secondary N) is 1. The number of terminal acetylenes is 1. The van der Waals surface area contributed by atoms with E-state index < -0.39 is 0 Å². The highest BCUT2D eigenvalue weighted by molar-refractivity contribution is 5.93. The molecule has 0 aliphatic rings. The Bertz CT molecular complexity index is 673. The zero-order valence-electron chi connectivity index (χ0n) is 12.0. The molecule has 2 rings (SSSR count). The molecule has 106 valence electrons. The molecule has 21 heavy (non-hydrogen) atoms. The van der Waals surface area contributed by atoms with Crippen LogP contribution in [-0.2, 0) is 4.79 Å². The number of aromatic nitrogens is 2. The molecule has 0 fully saturated rings. The quantitative estimate of drug-likeness (QED) is 0.868. The number of carbonyl (C=O) groups excluding carboxylic acids is 1. The Morgan fingerprint density at radius 3 is 2.76 bits per heavy atom. The van der Waals surface area contributed by atoms with Crippen LogP contribution >= 0.6 is 0 Å². The van der Waals surface area contributed by atoms with E-state index in [0.29, 0.717) is 11.6 Å². The van der Waals surface area contributed by atoms with E-state index in [9.17, 15) is 4.79 Å². The fraction of sp³-hybridized carbons (Fsp3) is 0.188. The molecule has 0 atom stereocenters. The second-order valence-electron chi connectivity index (χ2n) is 4.69. The number of aryl methyl sites for hydroxylation is 1. The lowest BCUT2D eigenvalue weighted by atomic mass is 10.2. The number of nitrogens with zero attached hydrogens (tertiary/aromatic N) is 3. The maximum absolute atomic E-state index is 12.0. The number of likely N-dealkylation sites (N-methyl/N-ethyl adjacent to an activating group) is 1. The van der Waals surface area contributed by atoms with Crippen LogP contribution in [0.25, 0.3) is 0 Å². The predicted octanol–water partition coefficient (Wildman–Crippen LogP) is 1.84. The summed E-state index contributed by atoms with van der Waals surface area (Å²) in [4.78, 5) is 22.0. The molecule has 1 N–H and O–H groups in total. The van der Waals surface area contributed by atoms with Crippen molar-refractivity contribution in [1.82, 2.24) is 9.97 Å². The molecule has 1 aromatic carbocycles. The predicted molar refractivity (Wildman–Crippen MR) is 83.0 cm³/mol. The Morgan fingerprint density at radius 1 is 1.38 bits per heavy atom. The van der Waals surface area contributed by atoms with Gasteiger partial charge in [-0.25, -0.2) is 9.97 Å². The molecule has 5 nitrogen and oxygen atoms in total. The van der Waals surface area contributed by atoms with Crippen molar-refractivity contribution < 1.29 is 4.79 Å². The van der Waals surface area contributed by atoms with E-state index in [4.69, 9.17) is 6.42 Å². The number of benzene rings is 1. The first-order valence-corrected chi connectivity index (χ1v) is 6.45. The molecule has 0 saturated carbocycles. The van der Waals surface area contributed by atoms with Crippen molar-refractivity contribution in [2.24, 2.45) is 0 Å². The van der Waals surface area contributed by atoms with Gasteiger partial charge in [-0.1, -0.05) is 12.0 Å². The second-order valence-corrected chi connectivity index (χ2v) is 4.69. The highest BCUT2D eigenvalue weighted by Gasteiger charge is 2.09. The first kappa shape index (κ1) is 14.5. The smallest absolute Gasteiger partial charge is 0.243 e. The summed E-state index contributed by atoms with van der Waals surface area (Å²) in [7, 11) is 1.77. The van der Waals surface area contributed by atoms with Crippen molar-refractivity contribution in [1.29, 1.82) is 0 Å². The average Bonchev–Trinajstić information content (AvgIpc) is 2.47. The van der Waals surface area contributed by atoms with Gasteiger partial charge in [-0.15, -0.1) is 6.42 Å². The van der Waals surface area contributed by atoms with Gasteiger partial charge >= 0.3 is 0 Å².